The van der Waals surface area contributed by atoms with E-state index in [-0.39, 0.29) is 16.7 Å². The van der Waals surface area contributed by atoms with Gasteiger partial charge in [-0.15, -0.1) is 0 Å². The zero-order valence-electron chi connectivity index (χ0n) is 14.5. The van der Waals surface area contributed by atoms with Crippen LogP contribution in [0.2, 0.25) is 0 Å². The molecule has 0 saturated carbocycles. The van der Waals surface area contributed by atoms with Gasteiger partial charge in [0.1, 0.15) is 11.6 Å². The first-order valence-corrected chi connectivity index (χ1v) is 8.59. The third kappa shape index (κ3) is 2.88. The molecule has 3 aromatic rings. The maximum atomic E-state index is 11.3. The number of ether oxygens (including phenoxy) is 1. The molecule has 0 amide bonds. The first kappa shape index (κ1) is 16.5. The highest BCUT2D eigenvalue weighted by molar-refractivity contribution is 5.97. The Balaban J connectivity index is 1.73. The minimum atomic E-state index is -0.358. The van der Waals surface area contributed by atoms with Crippen molar-refractivity contribution in [3.63, 3.8) is 0 Å². The Hall–Kier alpha value is -2.99. The number of aromatic nitrogens is 1. The molecule has 2 heterocycles. The lowest BCUT2D eigenvalue weighted by molar-refractivity contribution is -0.383. The van der Waals surface area contributed by atoms with Crippen molar-refractivity contribution >= 4 is 22.3 Å². The second-order valence-corrected chi connectivity index (χ2v) is 6.42. The molecule has 1 atom stereocenters. The SMILES string of the molecule is Cc1ccccc1C1CN(c2ccc([N+](=O)[O-])c3cccnc23)CCO1. The molecule has 1 aromatic heterocycles. The van der Waals surface area contributed by atoms with Crippen LogP contribution in [-0.4, -0.2) is 29.6 Å². The Bertz CT molecular complexity index is 973. The van der Waals surface area contributed by atoms with Crippen molar-refractivity contribution in [2.75, 3.05) is 24.6 Å². The summed E-state index contributed by atoms with van der Waals surface area (Å²) in [5.41, 5.74) is 4.03. The van der Waals surface area contributed by atoms with E-state index in [2.05, 4.69) is 28.9 Å². The molecule has 1 aliphatic rings. The molecule has 26 heavy (non-hydrogen) atoms. The second-order valence-electron chi connectivity index (χ2n) is 6.42. The molecular weight excluding hydrogens is 330 g/mol. The monoisotopic (exact) mass is 349 g/mol. The number of fused-ring (bicyclic) bond motifs is 1. The zero-order chi connectivity index (χ0) is 18.1. The molecule has 1 unspecified atom stereocenters. The van der Waals surface area contributed by atoms with Crippen LogP contribution in [0.1, 0.15) is 17.2 Å². The van der Waals surface area contributed by atoms with E-state index in [1.165, 1.54) is 11.1 Å². The Labute approximate surface area is 151 Å². The number of nitro benzene ring substituents is 1. The standard InChI is InChI=1S/C20H19N3O3/c1-14-5-2-3-6-15(14)19-13-22(11-12-26-19)18-9-8-17(23(24)25)16-7-4-10-21-20(16)18/h2-10,19H,11-13H2,1H3. The molecular formula is C20H19N3O3. The van der Waals surface area contributed by atoms with E-state index in [0.717, 1.165) is 12.2 Å². The summed E-state index contributed by atoms with van der Waals surface area (Å²) in [7, 11) is 0. The maximum absolute atomic E-state index is 11.3. The van der Waals surface area contributed by atoms with Crippen molar-refractivity contribution in [2.45, 2.75) is 13.0 Å². The fourth-order valence-electron chi connectivity index (χ4n) is 3.56. The summed E-state index contributed by atoms with van der Waals surface area (Å²) in [6.45, 7) is 4.10. The van der Waals surface area contributed by atoms with E-state index in [1.807, 2.05) is 12.1 Å². The number of benzene rings is 2. The molecule has 1 fully saturated rings. The van der Waals surface area contributed by atoms with Gasteiger partial charge in [0, 0.05) is 25.4 Å². The number of nitrogens with zero attached hydrogens (tertiary/aromatic N) is 3. The van der Waals surface area contributed by atoms with Crippen molar-refractivity contribution < 1.29 is 9.66 Å². The number of pyridine rings is 1. The van der Waals surface area contributed by atoms with E-state index in [0.29, 0.717) is 24.1 Å². The average Bonchev–Trinajstić information content (AvgIpc) is 2.67. The fourth-order valence-corrected chi connectivity index (χ4v) is 3.56. The number of aryl methyl sites for hydroxylation is 1. The van der Waals surface area contributed by atoms with Gasteiger partial charge in [0.05, 0.1) is 22.6 Å². The molecule has 1 saturated heterocycles. The Kier molecular flexibility index (Phi) is 4.26. The Morgan fingerprint density at radius 2 is 2.04 bits per heavy atom. The number of hydrogen-bond donors (Lipinski definition) is 0. The van der Waals surface area contributed by atoms with Gasteiger partial charge in [-0.1, -0.05) is 24.3 Å². The van der Waals surface area contributed by atoms with Crippen LogP contribution in [0.15, 0.2) is 54.7 Å². The van der Waals surface area contributed by atoms with Gasteiger partial charge in [0.2, 0.25) is 0 Å². The quantitative estimate of drug-likeness (QED) is 0.527. The van der Waals surface area contributed by atoms with Crippen LogP contribution in [0.5, 0.6) is 0 Å². The van der Waals surface area contributed by atoms with Crippen LogP contribution < -0.4 is 4.90 Å². The Morgan fingerprint density at radius 3 is 2.85 bits per heavy atom. The maximum Gasteiger partial charge on any atom is 0.278 e. The fraction of sp³-hybridized carbons (Fsp3) is 0.250. The summed E-state index contributed by atoms with van der Waals surface area (Å²) in [4.78, 5) is 17.6. The highest BCUT2D eigenvalue weighted by Crippen LogP contribution is 2.35. The highest BCUT2D eigenvalue weighted by Gasteiger charge is 2.26. The first-order valence-electron chi connectivity index (χ1n) is 8.59. The normalized spacial score (nSPS) is 17.4. The van der Waals surface area contributed by atoms with Crippen molar-refractivity contribution in [1.29, 1.82) is 0 Å². The van der Waals surface area contributed by atoms with Crippen molar-refractivity contribution in [3.05, 3.63) is 76.0 Å². The molecule has 0 bridgehead atoms. The van der Waals surface area contributed by atoms with E-state index in [9.17, 15) is 10.1 Å². The van der Waals surface area contributed by atoms with E-state index in [4.69, 9.17) is 4.74 Å². The third-order valence-corrected chi connectivity index (χ3v) is 4.86. The van der Waals surface area contributed by atoms with Gasteiger partial charge in [-0.3, -0.25) is 15.1 Å². The van der Waals surface area contributed by atoms with E-state index in [1.54, 1.807) is 30.5 Å². The zero-order valence-corrected chi connectivity index (χ0v) is 14.5. The van der Waals surface area contributed by atoms with Gasteiger partial charge in [-0.2, -0.15) is 0 Å². The summed E-state index contributed by atoms with van der Waals surface area (Å²) in [5, 5.41) is 11.9. The number of hydrogen-bond acceptors (Lipinski definition) is 5. The van der Waals surface area contributed by atoms with E-state index < -0.39 is 0 Å². The van der Waals surface area contributed by atoms with Crippen LogP contribution in [0.4, 0.5) is 11.4 Å². The topological polar surface area (TPSA) is 68.5 Å². The van der Waals surface area contributed by atoms with Crippen LogP contribution >= 0.6 is 0 Å². The average molecular weight is 349 g/mol. The van der Waals surface area contributed by atoms with Gasteiger partial charge >= 0.3 is 0 Å². The van der Waals surface area contributed by atoms with Gasteiger partial charge in [-0.05, 0) is 36.2 Å². The van der Waals surface area contributed by atoms with Gasteiger partial charge in [-0.25, -0.2) is 0 Å². The molecule has 6 nitrogen and oxygen atoms in total. The molecule has 0 aliphatic carbocycles. The highest BCUT2D eigenvalue weighted by atomic mass is 16.6. The predicted molar refractivity (Wildman–Crippen MR) is 100 cm³/mol. The van der Waals surface area contributed by atoms with Gasteiger partial charge in [0.15, 0.2) is 0 Å². The third-order valence-electron chi connectivity index (χ3n) is 4.86. The predicted octanol–water partition coefficient (Wildman–Crippen LogP) is 4.03. The second kappa shape index (κ2) is 6.72. The molecule has 1 aliphatic heterocycles. The van der Waals surface area contributed by atoms with Gasteiger partial charge < -0.3 is 9.64 Å². The van der Waals surface area contributed by atoms with Crippen LogP contribution in [-0.2, 0) is 4.74 Å². The molecule has 6 heteroatoms. The molecule has 132 valence electrons. The molecule has 4 rings (SSSR count). The smallest absolute Gasteiger partial charge is 0.278 e. The van der Waals surface area contributed by atoms with E-state index >= 15 is 0 Å². The lowest BCUT2D eigenvalue weighted by Gasteiger charge is -2.35. The van der Waals surface area contributed by atoms with Crippen LogP contribution in [0.3, 0.4) is 0 Å². The number of non-ortho nitro benzene ring substituents is 1. The summed E-state index contributed by atoms with van der Waals surface area (Å²) < 4.78 is 6.00. The lowest BCUT2D eigenvalue weighted by Crippen LogP contribution is -2.38. The number of nitro groups is 1. The molecule has 2 aromatic carbocycles. The minimum Gasteiger partial charge on any atom is -0.370 e. The Morgan fingerprint density at radius 1 is 1.19 bits per heavy atom. The summed E-state index contributed by atoms with van der Waals surface area (Å²) in [6, 6.07) is 15.1. The summed E-state index contributed by atoms with van der Waals surface area (Å²) in [6.07, 6.45) is 1.65. The van der Waals surface area contributed by atoms with Crippen molar-refractivity contribution in [1.82, 2.24) is 4.98 Å². The largest absolute Gasteiger partial charge is 0.370 e. The number of anilines is 1. The van der Waals surface area contributed by atoms with Crippen LogP contribution in [0, 0.1) is 17.0 Å². The molecule has 0 N–H and O–H groups in total. The summed E-state index contributed by atoms with van der Waals surface area (Å²) >= 11 is 0. The van der Waals surface area contributed by atoms with Crippen molar-refractivity contribution in [3.8, 4) is 0 Å². The number of morpholine rings is 1. The minimum absolute atomic E-state index is 0.0288. The van der Waals surface area contributed by atoms with Gasteiger partial charge in [0.25, 0.3) is 5.69 Å². The van der Waals surface area contributed by atoms with Crippen molar-refractivity contribution in [2.24, 2.45) is 0 Å². The molecule has 0 radical (unpaired) electrons. The number of rotatable bonds is 3. The van der Waals surface area contributed by atoms with Crippen LogP contribution in [0.25, 0.3) is 10.9 Å². The first-order chi connectivity index (χ1) is 12.6. The molecule has 0 spiro atoms. The summed E-state index contributed by atoms with van der Waals surface area (Å²) in [5.74, 6) is 0. The lowest BCUT2D eigenvalue weighted by atomic mass is 10.0.